The highest BCUT2D eigenvalue weighted by atomic mass is 79.9. The highest BCUT2D eigenvalue weighted by molar-refractivity contribution is 9.09. The van der Waals surface area contributed by atoms with E-state index in [2.05, 4.69) is 15.9 Å². The lowest BCUT2D eigenvalue weighted by Crippen LogP contribution is -2.03. The van der Waals surface area contributed by atoms with Gasteiger partial charge in [0.25, 0.3) is 0 Å². The zero-order chi connectivity index (χ0) is 15.0. The molecule has 0 amide bonds. The Hall–Kier alpha value is -1.36. The molecule has 2 rings (SSSR count). The zero-order valence-electron chi connectivity index (χ0n) is 11.7. The fourth-order valence-corrected chi connectivity index (χ4v) is 3.35. The lowest BCUT2D eigenvalue weighted by Gasteiger charge is -2.14. The van der Waals surface area contributed by atoms with E-state index < -0.39 is 16.5 Å². The third-order valence-electron chi connectivity index (χ3n) is 3.41. The van der Waals surface area contributed by atoms with Crippen molar-refractivity contribution in [1.82, 2.24) is 0 Å². The van der Waals surface area contributed by atoms with Gasteiger partial charge in [0.1, 0.15) is 28.9 Å². The second kappa shape index (κ2) is 5.56. The van der Waals surface area contributed by atoms with Crippen molar-refractivity contribution in [2.75, 3.05) is 7.11 Å². The van der Waals surface area contributed by atoms with Gasteiger partial charge in [-0.1, -0.05) is 15.9 Å². The fraction of sp³-hybridized carbons (Fsp3) is 0.333. The van der Waals surface area contributed by atoms with Crippen molar-refractivity contribution in [3.63, 3.8) is 0 Å². The van der Waals surface area contributed by atoms with E-state index in [-0.39, 0.29) is 11.3 Å². The first-order valence-corrected chi connectivity index (χ1v) is 7.01. The van der Waals surface area contributed by atoms with Crippen molar-refractivity contribution in [3.05, 3.63) is 52.0 Å². The molecule has 0 saturated carbocycles. The SMILES string of the molecule is COc1cc(F)c(C(Br)c2c(C)oc(C)c2C)c(F)c1. The van der Waals surface area contributed by atoms with Gasteiger partial charge in [-0.05, 0) is 26.3 Å². The number of alkyl halides is 1. The van der Waals surface area contributed by atoms with E-state index in [0.717, 1.165) is 16.9 Å². The molecule has 0 saturated heterocycles. The lowest BCUT2D eigenvalue weighted by molar-refractivity contribution is 0.405. The summed E-state index contributed by atoms with van der Waals surface area (Å²) in [6.45, 7) is 5.48. The Morgan fingerprint density at radius 2 is 1.60 bits per heavy atom. The van der Waals surface area contributed by atoms with Crippen molar-refractivity contribution < 1.29 is 17.9 Å². The number of furan rings is 1. The van der Waals surface area contributed by atoms with E-state index in [1.54, 1.807) is 6.92 Å². The minimum atomic E-state index is -0.652. The molecule has 2 nitrogen and oxygen atoms in total. The zero-order valence-corrected chi connectivity index (χ0v) is 13.3. The third kappa shape index (κ3) is 2.46. The van der Waals surface area contributed by atoms with Gasteiger partial charge >= 0.3 is 0 Å². The number of halogens is 3. The smallest absolute Gasteiger partial charge is 0.134 e. The molecule has 0 aliphatic rings. The average molecular weight is 345 g/mol. The maximum atomic E-state index is 14.1. The van der Waals surface area contributed by atoms with E-state index in [4.69, 9.17) is 9.15 Å². The second-order valence-electron chi connectivity index (χ2n) is 4.62. The highest BCUT2D eigenvalue weighted by Gasteiger charge is 2.26. The van der Waals surface area contributed by atoms with Gasteiger partial charge in [0.05, 0.1) is 11.9 Å². The maximum absolute atomic E-state index is 14.1. The Kier molecular flexibility index (Phi) is 4.18. The normalized spacial score (nSPS) is 12.6. The molecular formula is C15H15BrF2O2. The molecule has 1 heterocycles. The van der Waals surface area contributed by atoms with E-state index in [1.165, 1.54) is 19.2 Å². The van der Waals surface area contributed by atoms with Crippen LogP contribution in [0.2, 0.25) is 0 Å². The van der Waals surface area contributed by atoms with Gasteiger partial charge in [0.15, 0.2) is 0 Å². The Labute approximate surface area is 124 Å². The number of ether oxygens (including phenoxy) is 1. The van der Waals surface area contributed by atoms with Crippen LogP contribution in [-0.4, -0.2) is 7.11 Å². The van der Waals surface area contributed by atoms with Crippen molar-refractivity contribution in [3.8, 4) is 5.75 Å². The minimum Gasteiger partial charge on any atom is -0.497 e. The monoisotopic (exact) mass is 344 g/mol. The fourth-order valence-electron chi connectivity index (χ4n) is 2.25. The van der Waals surface area contributed by atoms with Crippen molar-refractivity contribution >= 4 is 15.9 Å². The maximum Gasteiger partial charge on any atom is 0.134 e. The first kappa shape index (κ1) is 15.0. The molecule has 0 aliphatic carbocycles. The molecular weight excluding hydrogens is 330 g/mol. The molecule has 108 valence electrons. The van der Waals surface area contributed by atoms with Crippen LogP contribution in [0.4, 0.5) is 8.78 Å². The van der Waals surface area contributed by atoms with Gasteiger partial charge in [0.2, 0.25) is 0 Å². The molecule has 0 radical (unpaired) electrons. The number of methoxy groups -OCH3 is 1. The summed E-state index contributed by atoms with van der Waals surface area (Å²) in [7, 11) is 1.37. The predicted octanol–water partition coefficient (Wildman–Crippen LogP) is 4.98. The van der Waals surface area contributed by atoms with Crippen LogP contribution in [0, 0.1) is 32.4 Å². The standard InChI is InChI=1S/C15H15BrF2O2/c1-7-8(2)20-9(3)13(7)15(16)14-11(17)5-10(19-4)6-12(14)18/h5-6,15H,1-4H3. The molecule has 0 fully saturated rings. The Balaban J connectivity index is 2.56. The first-order valence-electron chi connectivity index (χ1n) is 6.10. The van der Waals surface area contributed by atoms with E-state index in [0.29, 0.717) is 5.76 Å². The molecule has 0 spiro atoms. The van der Waals surface area contributed by atoms with Gasteiger partial charge in [-0.15, -0.1) is 0 Å². The molecule has 2 aromatic rings. The van der Waals surface area contributed by atoms with E-state index >= 15 is 0 Å². The largest absolute Gasteiger partial charge is 0.497 e. The summed E-state index contributed by atoms with van der Waals surface area (Å²) in [5.41, 5.74) is 1.60. The second-order valence-corrected chi connectivity index (χ2v) is 5.54. The van der Waals surface area contributed by atoms with Gasteiger partial charge < -0.3 is 9.15 Å². The third-order valence-corrected chi connectivity index (χ3v) is 4.33. The number of benzene rings is 1. The Morgan fingerprint density at radius 3 is 2.00 bits per heavy atom. The van der Waals surface area contributed by atoms with Gasteiger partial charge in [-0.3, -0.25) is 0 Å². The van der Waals surface area contributed by atoms with Gasteiger partial charge in [0, 0.05) is 23.3 Å². The van der Waals surface area contributed by atoms with Crippen LogP contribution in [-0.2, 0) is 0 Å². The first-order chi connectivity index (χ1) is 9.36. The number of hydrogen-bond acceptors (Lipinski definition) is 2. The van der Waals surface area contributed by atoms with Crippen LogP contribution < -0.4 is 4.74 Å². The van der Waals surface area contributed by atoms with Gasteiger partial charge in [-0.25, -0.2) is 8.78 Å². The van der Waals surface area contributed by atoms with E-state index in [1.807, 2.05) is 13.8 Å². The molecule has 1 aromatic heterocycles. The van der Waals surface area contributed by atoms with Crippen molar-refractivity contribution in [1.29, 1.82) is 0 Å². The minimum absolute atomic E-state index is 0.0437. The Morgan fingerprint density at radius 1 is 1.05 bits per heavy atom. The van der Waals surface area contributed by atoms with Gasteiger partial charge in [-0.2, -0.15) is 0 Å². The average Bonchev–Trinajstić information content (AvgIpc) is 2.62. The number of aryl methyl sites for hydroxylation is 2. The molecule has 5 heteroatoms. The Bertz CT molecular complexity index is 627. The van der Waals surface area contributed by atoms with Crippen LogP contribution >= 0.6 is 15.9 Å². The van der Waals surface area contributed by atoms with E-state index in [9.17, 15) is 8.78 Å². The molecule has 0 N–H and O–H groups in total. The van der Waals surface area contributed by atoms with Crippen LogP contribution in [0.3, 0.4) is 0 Å². The molecule has 0 bridgehead atoms. The summed E-state index contributed by atoms with van der Waals surface area (Å²) in [6, 6.07) is 2.34. The number of rotatable bonds is 3. The lowest BCUT2D eigenvalue weighted by atomic mass is 10.00. The molecule has 0 aliphatic heterocycles. The van der Waals surface area contributed by atoms with Crippen molar-refractivity contribution in [2.24, 2.45) is 0 Å². The summed E-state index contributed by atoms with van der Waals surface area (Å²) in [4.78, 5) is -0.606. The molecule has 1 unspecified atom stereocenters. The number of hydrogen-bond donors (Lipinski definition) is 0. The molecule has 1 aromatic carbocycles. The topological polar surface area (TPSA) is 22.4 Å². The van der Waals surface area contributed by atoms with Crippen LogP contribution in [0.1, 0.15) is 33.0 Å². The van der Waals surface area contributed by atoms with Crippen LogP contribution in [0.15, 0.2) is 16.5 Å². The summed E-state index contributed by atoms with van der Waals surface area (Å²) in [5.74, 6) is 0.246. The predicted molar refractivity (Wildman–Crippen MR) is 76.6 cm³/mol. The summed E-state index contributed by atoms with van der Waals surface area (Å²) in [6.07, 6.45) is 0. The van der Waals surface area contributed by atoms with Crippen LogP contribution in [0.5, 0.6) is 5.75 Å². The van der Waals surface area contributed by atoms with Crippen molar-refractivity contribution in [2.45, 2.75) is 25.6 Å². The van der Waals surface area contributed by atoms with Crippen LogP contribution in [0.25, 0.3) is 0 Å². The molecule has 1 atom stereocenters. The summed E-state index contributed by atoms with van der Waals surface area (Å²) < 4.78 is 38.6. The quantitative estimate of drug-likeness (QED) is 0.733. The highest BCUT2D eigenvalue weighted by Crippen LogP contribution is 2.40. The summed E-state index contributed by atoms with van der Waals surface area (Å²) in [5, 5.41) is 0. The summed E-state index contributed by atoms with van der Waals surface area (Å²) >= 11 is 3.38. The molecule has 20 heavy (non-hydrogen) atoms.